The molecule has 0 aromatic heterocycles. The van der Waals surface area contributed by atoms with E-state index in [0.29, 0.717) is 33.3 Å². The van der Waals surface area contributed by atoms with Crippen molar-refractivity contribution in [2.45, 2.75) is 13.8 Å². The van der Waals surface area contributed by atoms with E-state index in [9.17, 15) is 19.8 Å². The summed E-state index contributed by atoms with van der Waals surface area (Å²) in [4.78, 5) is 23.7. The molecule has 0 atom stereocenters. The van der Waals surface area contributed by atoms with Gasteiger partial charge in [0.05, 0.1) is 22.1 Å². The minimum atomic E-state index is -1.22. The average molecular weight is 396 g/mol. The molecule has 6 nitrogen and oxygen atoms in total. The van der Waals surface area contributed by atoms with Gasteiger partial charge in [-0.1, -0.05) is 23.2 Å². The van der Waals surface area contributed by atoms with Crippen molar-refractivity contribution in [2.24, 2.45) is 5.92 Å². The Morgan fingerprint density at radius 3 is 2.23 bits per heavy atom. The van der Waals surface area contributed by atoms with E-state index >= 15 is 0 Å². The Morgan fingerprint density at radius 2 is 1.69 bits per heavy atom. The van der Waals surface area contributed by atoms with Gasteiger partial charge in [0.15, 0.2) is 0 Å². The first kappa shape index (κ1) is 18.4. The van der Waals surface area contributed by atoms with Crippen LogP contribution < -0.4 is 10.1 Å². The topological polar surface area (TPSA) is 95.9 Å². The Kier molecular flexibility index (Phi) is 4.73. The normalized spacial score (nSPS) is 17.7. The van der Waals surface area contributed by atoms with E-state index in [-0.39, 0.29) is 22.8 Å². The predicted molar refractivity (Wildman–Crippen MR) is 97.0 cm³/mol. The minimum absolute atomic E-state index is 0.0216. The number of aliphatic carboxylic acids is 2. The maximum Gasteiger partial charge on any atom is 0.334 e. The zero-order valence-electron chi connectivity index (χ0n) is 13.9. The smallest absolute Gasteiger partial charge is 0.334 e. The molecule has 0 spiro atoms. The second-order valence-electron chi connectivity index (χ2n) is 6.01. The van der Waals surface area contributed by atoms with Gasteiger partial charge in [0.2, 0.25) is 0 Å². The molecule has 0 fully saturated rings. The lowest BCUT2D eigenvalue weighted by Gasteiger charge is -2.32. The molecule has 0 unspecified atom stereocenters. The molecule has 0 aliphatic carbocycles. The molecular formula is C18H15Cl2NO5. The first-order valence-corrected chi connectivity index (χ1v) is 8.44. The zero-order chi connectivity index (χ0) is 19.2. The van der Waals surface area contributed by atoms with E-state index in [4.69, 9.17) is 27.9 Å². The quantitative estimate of drug-likeness (QED) is 0.723. The highest BCUT2D eigenvalue weighted by Gasteiger charge is 2.40. The van der Waals surface area contributed by atoms with Gasteiger partial charge in [-0.05, 0) is 37.6 Å². The van der Waals surface area contributed by atoms with E-state index in [2.05, 4.69) is 5.32 Å². The molecule has 3 rings (SSSR count). The van der Waals surface area contributed by atoms with Crippen LogP contribution in [-0.2, 0) is 9.59 Å². The molecule has 0 bridgehead atoms. The summed E-state index contributed by atoms with van der Waals surface area (Å²) in [5.74, 6) is -2.97. The number of fused-ring (bicyclic) bond motifs is 1. The Morgan fingerprint density at radius 1 is 1.12 bits per heavy atom. The third kappa shape index (κ3) is 2.95. The Bertz CT molecular complexity index is 894. The Labute approximate surface area is 159 Å². The van der Waals surface area contributed by atoms with Crippen molar-refractivity contribution in [2.75, 3.05) is 6.61 Å². The summed E-state index contributed by atoms with van der Waals surface area (Å²) >= 11 is 12.6. The van der Waals surface area contributed by atoms with Crippen LogP contribution in [0.3, 0.4) is 0 Å². The van der Waals surface area contributed by atoms with Crippen LogP contribution >= 0.6 is 23.2 Å². The fraction of sp³-hybridized carbons (Fsp3) is 0.222. The van der Waals surface area contributed by atoms with Crippen LogP contribution in [0.5, 0.6) is 5.75 Å². The summed E-state index contributed by atoms with van der Waals surface area (Å²) < 4.78 is 5.69. The number of halogens is 2. The van der Waals surface area contributed by atoms with Crippen molar-refractivity contribution >= 4 is 40.2 Å². The van der Waals surface area contributed by atoms with Crippen molar-refractivity contribution in [3.05, 3.63) is 56.9 Å². The highest BCUT2D eigenvalue weighted by molar-refractivity contribution is 6.50. The molecular weight excluding hydrogens is 381 g/mol. The molecule has 0 amide bonds. The zero-order valence-corrected chi connectivity index (χ0v) is 15.4. The van der Waals surface area contributed by atoms with Gasteiger partial charge in [-0.3, -0.25) is 0 Å². The van der Waals surface area contributed by atoms with Crippen LogP contribution in [0.25, 0.3) is 5.03 Å². The highest BCUT2D eigenvalue weighted by Crippen LogP contribution is 2.44. The maximum absolute atomic E-state index is 11.9. The van der Waals surface area contributed by atoms with Gasteiger partial charge in [-0.25, -0.2) is 9.59 Å². The number of carboxylic acids is 2. The first-order valence-electron chi connectivity index (χ1n) is 7.68. The van der Waals surface area contributed by atoms with Crippen LogP contribution in [0.15, 0.2) is 46.3 Å². The summed E-state index contributed by atoms with van der Waals surface area (Å²) in [6.07, 6.45) is 0. The molecule has 1 aromatic carbocycles. The predicted octanol–water partition coefficient (Wildman–Crippen LogP) is 3.62. The maximum atomic E-state index is 11.9. The lowest BCUT2D eigenvalue weighted by molar-refractivity contribution is -0.133. The largest absolute Gasteiger partial charge is 0.488 e. The number of hydrogen-bond donors (Lipinski definition) is 3. The lowest BCUT2D eigenvalue weighted by Crippen LogP contribution is -2.35. The van der Waals surface area contributed by atoms with Crippen LogP contribution in [-0.4, -0.2) is 28.8 Å². The lowest BCUT2D eigenvalue weighted by atomic mass is 9.79. The number of carboxylic acid groups (broad SMARTS) is 2. The van der Waals surface area contributed by atoms with Crippen LogP contribution in [0.2, 0.25) is 5.02 Å². The summed E-state index contributed by atoms with van der Waals surface area (Å²) in [7, 11) is 0. The van der Waals surface area contributed by atoms with E-state index in [1.807, 2.05) is 0 Å². The standard InChI is InChI=1S/C18H15Cl2NO5/c1-7-13(17(22)23)15(14(18(24)25)8(2)21-7)11-6-26-12-4-3-9(19)5-10(12)16(11)20/h3-5,15,21H,6H2,1-2H3,(H,22,23)(H,24,25). The molecule has 26 heavy (non-hydrogen) atoms. The van der Waals surface area contributed by atoms with E-state index in [0.717, 1.165) is 0 Å². The number of dihydropyridines is 1. The summed E-state index contributed by atoms with van der Waals surface area (Å²) in [5.41, 5.74) is 1.45. The van der Waals surface area contributed by atoms with Crippen molar-refractivity contribution < 1.29 is 24.5 Å². The highest BCUT2D eigenvalue weighted by atomic mass is 35.5. The van der Waals surface area contributed by atoms with Crippen LogP contribution in [0, 0.1) is 5.92 Å². The van der Waals surface area contributed by atoms with Crippen molar-refractivity contribution in [1.29, 1.82) is 0 Å². The van der Waals surface area contributed by atoms with Gasteiger partial charge in [0.25, 0.3) is 0 Å². The number of nitrogens with one attached hydrogen (secondary N) is 1. The molecule has 0 saturated carbocycles. The third-order valence-electron chi connectivity index (χ3n) is 4.41. The number of allylic oxidation sites excluding steroid dienone is 2. The number of ether oxygens (including phenoxy) is 1. The average Bonchev–Trinajstić information content (AvgIpc) is 2.54. The molecule has 2 heterocycles. The van der Waals surface area contributed by atoms with Crippen molar-refractivity contribution in [3.8, 4) is 5.75 Å². The van der Waals surface area contributed by atoms with Gasteiger partial charge in [-0.2, -0.15) is 0 Å². The first-order chi connectivity index (χ1) is 12.2. The molecule has 136 valence electrons. The van der Waals surface area contributed by atoms with Crippen LogP contribution in [0.1, 0.15) is 19.4 Å². The second-order valence-corrected chi connectivity index (χ2v) is 6.83. The second kappa shape index (κ2) is 6.70. The van der Waals surface area contributed by atoms with Gasteiger partial charge in [-0.15, -0.1) is 0 Å². The van der Waals surface area contributed by atoms with Crippen molar-refractivity contribution in [1.82, 2.24) is 5.32 Å². The van der Waals surface area contributed by atoms with Gasteiger partial charge in [0.1, 0.15) is 12.4 Å². The number of carbonyl (C=O) groups is 2. The van der Waals surface area contributed by atoms with Gasteiger partial charge >= 0.3 is 11.9 Å². The summed E-state index contributed by atoms with van der Waals surface area (Å²) in [5, 5.41) is 22.9. The van der Waals surface area contributed by atoms with E-state index < -0.39 is 17.9 Å². The number of rotatable bonds is 3. The summed E-state index contributed by atoms with van der Waals surface area (Å²) in [6, 6.07) is 4.92. The van der Waals surface area contributed by atoms with E-state index in [1.165, 1.54) is 0 Å². The van der Waals surface area contributed by atoms with Gasteiger partial charge < -0.3 is 20.3 Å². The molecule has 2 aliphatic rings. The monoisotopic (exact) mass is 395 g/mol. The molecule has 3 N–H and O–H groups in total. The number of benzene rings is 1. The minimum Gasteiger partial charge on any atom is -0.488 e. The fourth-order valence-electron chi connectivity index (χ4n) is 3.31. The SMILES string of the molecule is CC1=C(C(=O)O)C(C2=C(Cl)c3cc(Cl)ccc3OC2)C(C(=O)O)=C(C)N1. The van der Waals surface area contributed by atoms with Crippen LogP contribution in [0.4, 0.5) is 0 Å². The molecule has 8 heteroatoms. The van der Waals surface area contributed by atoms with Gasteiger partial charge in [0, 0.05) is 22.0 Å². The van der Waals surface area contributed by atoms with Crippen molar-refractivity contribution in [3.63, 3.8) is 0 Å². The number of hydrogen-bond acceptors (Lipinski definition) is 4. The molecule has 0 saturated heterocycles. The molecule has 0 radical (unpaired) electrons. The molecule has 2 aliphatic heterocycles. The third-order valence-corrected chi connectivity index (χ3v) is 5.09. The van der Waals surface area contributed by atoms with E-state index in [1.54, 1.807) is 32.0 Å². The summed E-state index contributed by atoms with van der Waals surface area (Å²) in [6.45, 7) is 3.15. The Hall–Kier alpha value is -2.44. The fourth-order valence-corrected chi connectivity index (χ4v) is 3.79. The molecule has 1 aromatic rings. The Balaban J connectivity index is 2.26.